The highest BCUT2D eigenvalue weighted by molar-refractivity contribution is 5.91. The normalized spacial score (nSPS) is 21.4. The zero-order valence-corrected chi connectivity index (χ0v) is 11.2. The van der Waals surface area contributed by atoms with E-state index in [1.807, 2.05) is 0 Å². The predicted octanol–water partition coefficient (Wildman–Crippen LogP) is 1.52. The van der Waals surface area contributed by atoms with Crippen LogP contribution in [0.5, 0.6) is 0 Å². The van der Waals surface area contributed by atoms with E-state index in [1.165, 1.54) is 11.3 Å². The first kappa shape index (κ1) is 12.1. The Labute approximate surface area is 113 Å². The number of piperidine rings is 1. The topological polar surface area (TPSA) is 44.4 Å². The molecule has 2 fully saturated rings. The van der Waals surface area contributed by atoms with E-state index in [0.717, 1.165) is 25.9 Å². The van der Waals surface area contributed by atoms with E-state index in [9.17, 15) is 4.79 Å². The Bertz CT molecular complexity index is 530. The number of hydrogen-bond acceptors (Lipinski definition) is 3. The van der Waals surface area contributed by atoms with Gasteiger partial charge in [0.15, 0.2) is 0 Å². The molecule has 19 heavy (non-hydrogen) atoms. The Morgan fingerprint density at radius 2 is 1.95 bits per heavy atom. The average Bonchev–Trinajstić information content (AvgIpc) is 2.66. The van der Waals surface area contributed by atoms with Crippen LogP contribution in [0.4, 0.5) is 5.69 Å². The van der Waals surface area contributed by atoms with Crippen molar-refractivity contribution in [1.29, 1.82) is 0 Å². The summed E-state index contributed by atoms with van der Waals surface area (Å²) >= 11 is 0. The monoisotopic (exact) mass is 257 g/mol. The maximum Gasteiger partial charge on any atom is 0.251 e. The van der Waals surface area contributed by atoms with Gasteiger partial charge >= 0.3 is 0 Å². The van der Waals surface area contributed by atoms with Gasteiger partial charge in [-0.2, -0.15) is 0 Å². The number of nitrogens with zero attached hydrogens (tertiary/aromatic N) is 1. The van der Waals surface area contributed by atoms with E-state index in [0.29, 0.717) is 5.82 Å². The van der Waals surface area contributed by atoms with E-state index in [4.69, 9.17) is 0 Å². The lowest BCUT2D eigenvalue weighted by atomic mass is 9.87. The van der Waals surface area contributed by atoms with Crippen molar-refractivity contribution in [3.05, 3.63) is 42.2 Å². The van der Waals surface area contributed by atoms with Crippen molar-refractivity contribution < 1.29 is 4.79 Å². The van der Waals surface area contributed by atoms with Gasteiger partial charge in [0.25, 0.3) is 5.91 Å². The largest absolute Gasteiger partial charge is 0.371 e. The fraction of sp³-hybridized carbons (Fsp3) is 0.400. The first-order valence-corrected chi connectivity index (χ1v) is 6.70. The highest BCUT2D eigenvalue weighted by atomic mass is 16.2. The van der Waals surface area contributed by atoms with E-state index < -0.39 is 5.54 Å². The van der Waals surface area contributed by atoms with E-state index in [2.05, 4.69) is 53.3 Å². The summed E-state index contributed by atoms with van der Waals surface area (Å²) < 4.78 is 0. The third-order valence-corrected chi connectivity index (χ3v) is 4.16. The average molecular weight is 257 g/mol. The second-order valence-electron chi connectivity index (χ2n) is 5.41. The molecule has 3 rings (SSSR count). The van der Waals surface area contributed by atoms with E-state index in [-0.39, 0.29) is 5.91 Å². The smallest absolute Gasteiger partial charge is 0.251 e. The van der Waals surface area contributed by atoms with Crippen molar-refractivity contribution in [1.82, 2.24) is 10.6 Å². The van der Waals surface area contributed by atoms with Crippen molar-refractivity contribution in [2.45, 2.75) is 25.3 Å². The molecule has 0 unspecified atom stereocenters. The first-order valence-electron chi connectivity index (χ1n) is 6.70. The summed E-state index contributed by atoms with van der Waals surface area (Å²) in [6.07, 6.45) is 1.62. The Morgan fingerprint density at radius 1 is 1.26 bits per heavy atom. The van der Waals surface area contributed by atoms with Gasteiger partial charge in [-0.3, -0.25) is 4.79 Å². The van der Waals surface area contributed by atoms with Gasteiger partial charge in [-0.05, 0) is 31.4 Å². The summed E-state index contributed by atoms with van der Waals surface area (Å²) in [7, 11) is 0. The van der Waals surface area contributed by atoms with Crippen molar-refractivity contribution in [3.63, 3.8) is 0 Å². The van der Waals surface area contributed by atoms with Gasteiger partial charge in [-0.1, -0.05) is 24.8 Å². The van der Waals surface area contributed by atoms with Crippen LogP contribution in [0.15, 0.2) is 36.7 Å². The van der Waals surface area contributed by atoms with Crippen LogP contribution < -0.4 is 15.5 Å². The summed E-state index contributed by atoms with van der Waals surface area (Å²) in [6.45, 7) is 7.69. The molecule has 0 aliphatic carbocycles. The zero-order chi connectivity index (χ0) is 13.5. The number of nitrogens with one attached hydrogen (secondary N) is 2. The van der Waals surface area contributed by atoms with Gasteiger partial charge < -0.3 is 15.5 Å². The minimum Gasteiger partial charge on any atom is -0.371 e. The Hall–Kier alpha value is -1.97. The lowest BCUT2D eigenvalue weighted by Gasteiger charge is -2.39. The quantitative estimate of drug-likeness (QED) is 0.802. The number of rotatable bonds is 1. The van der Waals surface area contributed by atoms with E-state index in [1.54, 1.807) is 0 Å². The van der Waals surface area contributed by atoms with Crippen molar-refractivity contribution in [2.24, 2.45) is 0 Å². The highest BCUT2D eigenvalue weighted by Gasteiger charge is 2.45. The Morgan fingerprint density at radius 3 is 2.53 bits per heavy atom. The van der Waals surface area contributed by atoms with Gasteiger partial charge in [0.1, 0.15) is 5.54 Å². The SMILES string of the molecule is C=C1NC(=O)C2(CCN(c3ccccc3C)CC2)N1. The zero-order valence-electron chi connectivity index (χ0n) is 11.2. The molecule has 2 N–H and O–H groups in total. The van der Waals surface area contributed by atoms with Crippen LogP contribution >= 0.6 is 0 Å². The third kappa shape index (κ3) is 1.97. The predicted molar refractivity (Wildman–Crippen MR) is 75.8 cm³/mol. The number of carbonyl (C=O) groups is 1. The van der Waals surface area contributed by atoms with Crippen molar-refractivity contribution >= 4 is 11.6 Å². The molecular formula is C15H19N3O. The molecule has 0 bridgehead atoms. The number of para-hydroxylation sites is 1. The van der Waals surface area contributed by atoms with Gasteiger partial charge in [-0.25, -0.2) is 0 Å². The third-order valence-electron chi connectivity index (χ3n) is 4.16. The fourth-order valence-corrected chi connectivity index (χ4v) is 3.03. The molecule has 4 heteroatoms. The van der Waals surface area contributed by atoms with Gasteiger partial charge in [0.05, 0.1) is 5.82 Å². The summed E-state index contributed by atoms with van der Waals surface area (Å²) in [5.74, 6) is 0.705. The van der Waals surface area contributed by atoms with Crippen LogP contribution in [0, 0.1) is 6.92 Å². The molecule has 0 saturated carbocycles. The number of anilines is 1. The summed E-state index contributed by atoms with van der Waals surface area (Å²) in [5.41, 5.74) is 2.12. The van der Waals surface area contributed by atoms with Crippen molar-refractivity contribution in [3.8, 4) is 0 Å². The molecule has 0 atom stereocenters. The fourth-order valence-electron chi connectivity index (χ4n) is 3.03. The molecule has 2 heterocycles. The molecule has 100 valence electrons. The maximum absolute atomic E-state index is 12.0. The van der Waals surface area contributed by atoms with Gasteiger partial charge in [-0.15, -0.1) is 0 Å². The second-order valence-corrected chi connectivity index (χ2v) is 5.41. The number of hydrogen-bond donors (Lipinski definition) is 2. The Balaban J connectivity index is 1.75. The molecule has 1 spiro atoms. The van der Waals surface area contributed by atoms with Gasteiger partial charge in [0, 0.05) is 18.8 Å². The number of aryl methyl sites for hydroxylation is 1. The second kappa shape index (κ2) is 4.30. The van der Waals surface area contributed by atoms with Crippen LogP contribution in [0.25, 0.3) is 0 Å². The molecule has 2 aliphatic rings. The first-order chi connectivity index (χ1) is 9.11. The molecule has 0 radical (unpaired) electrons. The molecule has 1 aromatic carbocycles. The molecular weight excluding hydrogens is 238 g/mol. The van der Waals surface area contributed by atoms with Gasteiger partial charge in [0.2, 0.25) is 0 Å². The van der Waals surface area contributed by atoms with Crippen LogP contribution in [0.1, 0.15) is 18.4 Å². The van der Waals surface area contributed by atoms with E-state index >= 15 is 0 Å². The summed E-state index contributed by atoms with van der Waals surface area (Å²) in [5, 5.41) is 6.00. The van der Waals surface area contributed by atoms with Crippen LogP contribution in [-0.2, 0) is 4.79 Å². The minimum absolute atomic E-state index is 0.0712. The molecule has 1 amide bonds. The van der Waals surface area contributed by atoms with Crippen LogP contribution in [-0.4, -0.2) is 24.5 Å². The molecule has 1 aromatic rings. The molecule has 2 saturated heterocycles. The van der Waals surface area contributed by atoms with Crippen molar-refractivity contribution in [2.75, 3.05) is 18.0 Å². The number of amides is 1. The summed E-state index contributed by atoms with van der Waals surface area (Å²) in [6, 6.07) is 8.39. The highest BCUT2D eigenvalue weighted by Crippen LogP contribution is 2.30. The van der Waals surface area contributed by atoms with Crippen LogP contribution in [0.2, 0.25) is 0 Å². The maximum atomic E-state index is 12.0. The molecule has 0 aromatic heterocycles. The molecule has 2 aliphatic heterocycles. The van der Waals surface area contributed by atoms with Crippen LogP contribution in [0.3, 0.4) is 0 Å². The number of benzene rings is 1. The lowest BCUT2D eigenvalue weighted by molar-refractivity contribution is -0.124. The Kier molecular flexibility index (Phi) is 2.73. The lowest BCUT2D eigenvalue weighted by Crippen LogP contribution is -2.54. The number of carbonyl (C=O) groups excluding carboxylic acids is 1. The minimum atomic E-state index is -0.434. The molecule has 4 nitrogen and oxygen atoms in total. The summed E-state index contributed by atoms with van der Waals surface area (Å²) in [4.78, 5) is 14.4. The standard InChI is InChI=1S/C15H19N3O/c1-11-5-3-4-6-13(11)18-9-7-15(8-10-18)14(19)16-12(2)17-15/h3-6,17H,2,7-10H2,1H3,(H,16,19).